The zero-order chi connectivity index (χ0) is 11.3. The molecule has 1 aromatic rings. The second-order valence-electron chi connectivity index (χ2n) is 3.64. The Hall–Kier alpha value is -1.09. The van der Waals surface area contributed by atoms with E-state index in [2.05, 4.69) is 0 Å². The van der Waals surface area contributed by atoms with Crippen LogP contribution >= 0.6 is 0 Å². The maximum Gasteiger partial charge on any atom is 0.168 e. The molecule has 0 aliphatic carbocycles. The lowest BCUT2D eigenvalue weighted by Gasteiger charge is -2.10. The van der Waals surface area contributed by atoms with Crippen molar-refractivity contribution in [1.29, 1.82) is 0 Å². The van der Waals surface area contributed by atoms with E-state index in [0.717, 1.165) is 12.8 Å². The fourth-order valence-electron chi connectivity index (χ4n) is 1.45. The van der Waals surface area contributed by atoms with Gasteiger partial charge in [0.15, 0.2) is 11.6 Å². The van der Waals surface area contributed by atoms with Gasteiger partial charge in [0.1, 0.15) is 0 Å². The van der Waals surface area contributed by atoms with Crippen LogP contribution in [0.4, 0.5) is 4.39 Å². The molecule has 0 amide bonds. The van der Waals surface area contributed by atoms with Gasteiger partial charge in [-0.3, -0.25) is 0 Å². The summed E-state index contributed by atoms with van der Waals surface area (Å²) in [6.45, 7) is 2.03. The van der Waals surface area contributed by atoms with Crippen molar-refractivity contribution in [3.8, 4) is 5.75 Å². The van der Waals surface area contributed by atoms with Crippen molar-refractivity contribution < 1.29 is 9.13 Å². The second kappa shape index (κ2) is 5.71. The number of nitrogens with two attached hydrogens (primary N) is 1. The van der Waals surface area contributed by atoms with Gasteiger partial charge >= 0.3 is 0 Å². The number of hydrogen-bond acceptors (Lipinski definition) is 2. The first-order valence-corrected chi connectivity index (χ1v) is 5.26. The highest BCUT2D eigenvalue weighted by atomic mass is 19.1. The molecule has 0 heterocycles. The van der Waals surface area contributed by atoms with Gasteiger partial charge in [-0.2, -0.15) is 0 Å². The lowest BCUT2D eigenvalue weighted by Crippen LogP contribution is -2.19. The highest BCUT2D eigenvalue weighted by Gasteiger charge is 2.09. The van der Waals surface area contributed by atoms with Gasteiger partial charge < -0.3 is 10.5 Å². The summed E-state index contributed by atoms with van der Waals surface area (Å²) in [5, 5.41) is 0. The van der Waals surface area contributed by atoms with Crippen molar-refractivity contribution in [3.05, 3.63) is 29.6 Å². The van der Waals surface area contributed by atoms with Crippen molar-refractivity contribution in [1.82, 2.24) is 0 Å². The van der Waals surface area contributed by atoms with E-state index >= 15 is 0 Å². The Labute approximate surface area is 90.2 Å². The van der Waals surface area contributed by atoms with Crippen LogP contribution in [0.5, 0.6) is 5.75 Å². The van der Waals surface area contributed by atoms with Crippen molar-refractivity contribution in [2.75, 3.05) is 7.11 Å². The number of ether oxygens (including phenoxy) is 1. The maximum atomic E-state index is 13.7. The quantitative estimate of drug-likeness (QED) is 0.812. The molecular weight excluding hydrogens is 193 g/mol. The van der Waals surface area contributed by atoms with Gasteiger partial charge in [-0.25, -0.2) is 4.39 Å². The van der Waals surface area contributed by atoms with E-state index in [1.165, 1.54) is 7.11 Å². The largest absolute Gasteiger partial charge is 0.494 e. The summed E-state index contributed by atoms with van der Waals surface area (Å²) < 4.78 is 18.6. The number of halogens is 1. The summed E-state index contributed by atoms with van der Waals surface area (Å²) in [4.78, 5) is 0. The number of hydrogen-bond donors (Lipinski definition) is 1. The molecule has 1 aromatic carbocycles. The number of rotatable bonds is 5. The first kappa shape index (κ1) is 12.0. The van der Waals surface area contributed by atoms with Gasteiger partial charge in [-0.15, -0.1) is 0 Å². The van der Waals surface area contributed by atoms with Crippen molar-refractivity contribution in [2.24, 2.45) is 5.73 Å². The molecule has 0 saturated heterocycles. The molecule has 3 heteroatoms. The van der Waals surface area contributed by atoms with Crippen LogP contribution in [0.1, 0.15) is 25.3 Å². The fraction of sp³-hybridized carbons (Fsp3) is 0.500. The van der Waals surface area contributed by atoms with E-state index in [1.807, 2.05) is 6.92 Å². The topological polar surface area (TPSA) is 35.2 Å². The highest BCUT2D eigenvalue weighted by Crippen LogP contribution is 2.21. The Balaban J connectivity index is 2.68. The molecule has 0 radical (unpaired) electrons. The average molecular weight is 211 g/mol. The zero-order valence-electron chi connectivity index (χ0n) is 9.29. The van der Waals surface area contributed by atoms with Crippen LogP contribution in [0.2, 0.25) is 0 Å². The molecule has 1 unspecified atom stereocenters. The van der Waals surface area contributed by atoms with E-state index in [1.54, 1.807) is 18.2 Å². The van der Waals surface area contributed by atoms with Crippen molar-refractivity contribution in [3.63, 3.8) is 0 Å². The highest BCUT2D eigenvalue weighted by molar-refractivity contribution is 5.31. The fourth-order valence-corrected chi connectivity index (χ4v) is 1.45. The van der Waals surface area contributed by atoms with Crippen LogP contribution in [0.25, 0.3) is 0 Å². The number of aryl methyl sites for hydroxylation is 1. The summed E-state index contributed by atoms with van der Waals surface area (Å²) in [5.74, 6) is 0.0425. The summed E-state index contributed by atoms with van der Waals surface area (Å²) in [6.07, 6.45) is 2.39. The molecule has 0 aliphatic heterocycles. The molecule has 15 heavy (non-hydrogen) atoms. The van der Waals surface area contributed by atoms with Gasteiger partial charge in [0.05, 0.1) is 7.11 Å². The van der Waals surface area contributed by atoms with Crippen LogP contribution in [-0.2, 0) is 6.42 Å². The predicted molar refractivity (Wildman–Crippen MR) is 59.5 cm³/mol. The molecule has 0 aromatic heterocycles. The van der Waals surface area contributed by atoms with Crippen LogP contribution in [0, 0.1) is 5.82 Å². The minimum Gasteiger partial charge on any atom is -0.494 e. The van der Waals surface area contributed by atoms with E-state index in [-0.39, 0.29) is 11.9 Å². The molecule has 1 rings (SSSR count). The van der Waals surface area contributed by atoms with Gasteiger partial charge in [0, 0.05) is 6.04 Å². The normalized spacial score (nSPS) is 12.5. The van der Waals surface area contributed by atoms with Gasteiger partial charge in [-0.05, 0) is 30.9 Å². The van der Waals surface area contributed by atoms with E-state index in [0.29, 0.717) is 17.7 Å². The summed E-state index contributed by atoms with van der Waals surface area (Å²) >= 11 is 0. The maximum absolute atomic E-state index is 13.7. The Morgan fingerprint density at radius 3 is 2.80 bits per heavy atom. The third-order valence-corrected chi connectivity index (χ3v) is 2.57. The van der Waals surface area contributed by atoms with Crippen molar-refractivity contribution >= 4 is 0 Å². The monoisotopic (exact) mass is 211 g/mol. The van der Waals surface area contributed by atoms with Crippen LogP contribution in [0.15, 0.2) is 18.2 Å². The molecule has 0 aliphatic rings. The molecule has 0 spiro atoms. The van der Waals surface area contributed by atoms with Gasteiger partial charge in [0.25, 0.3) is 0 Å². The minimum absolute atomic E-state index is 0.149. The minimum atomic E-state index is -0.261. The van der Waals surface area contributed by atoms with Crippen LogP contribution in [-0.4, -0.2) is 13.2 Å². The number of methoxy groups -OCH3 is 1. The third kappa shape index (κ3) is 3.20. The summed E-state index contributed by atoms with van der Waals surface area (Å²) in [5.41, 5.74) is 6.47. The molecule has 84 valence electrons. The molecular formula is C12H18FNO. The Bertz CT molecular complexity index is 314. The Kier molecular flexibility index (Phi) is 4.56. The van der Waals surface area contributed by atoms with Gasteiger partial charge in [0.2, 0.25) is 0 Å². The molecule has 0 bridgehead atoms. The number of benzene rings is 1. The van der Waals surface area contributed by atoms with Crippen LogP contribution < -0.4 is 10.5 Å². The standard InChI is InChI=1S/C12H18FNO/c1-3-10(14)8-7-9-5-4-6-11(15-2)12(9)13/h4-6,10H,3,7-8,14H2,1-2H3. The molecule has 1 atom stereocenters. The smallest absolute Gasteiger partial charge is 0.168 e. The second-order valence-corrected chi connectivity index (χ2v) is 3.64. The van der Waals surface area contributed by atoms with Crippen molar-refractivity contribution in [2.45, 2.75) is 32.2 Å². The van der Waals surface area contributed by atoms with E-state index in [4.69, 9.17) is 10.5 Å². The average Bonchev–Trinajstić information content (AvgIpc) is 2.27. The van der Waals surface area contributed by atoms with Crippen LogP contribution in [0.3, 0.4) is 0 Å². The zero-order valence-corrected chi connectivity index (χ0v) is 9.29. The molecule has 2 nitrogen and oxygen atoms in total. The summed E-state index contributed by atoms with van der Waals surface area (Å²) in [6, 6.07) is 5.35. The first-order valence-electron chi connectivity index (χ1n) is 5.26. The Morgan fingerprint density at radius 2 is 2.20 bits per heavy atom. The lowest BCUT2D eigenvalue weighted by molar-refractivity contribution is 0.383. The van der Waals surface area contributed by atoms with E-state index < -0.39 is 0 Å². The SMILES string of the molecule is CCC(N)CCc1cccc(OC)c1F. The summed E-state index contributed by atoms with van der Waals surface area (Å²) in [7, 11) is 1.47. The van der Waals surface area contributed by atoms with Gasteiger partial charge in [-0.1, -0.05) is 19.1 Å². The Morgan fingerprint density at radius 1 is 1.47 bits per heavy atom. The molecule has 0 saturated carbocycles. The lowest BCUT2D eigenvalue weighted by atomic mass is 10.0. The predicted octanol–water partition coefficient (Wildman–Crippen LogP) is 2.50. The molecule has 2 N–H and O–H groups in total. The first-order chi connectivity index (χ1) is 7.19. The molecule has 0 fully saturated rings. The third-order valence-electron chi connectivity index (χ3n) is 2.57. The van der Waals surface area contributed by atoms with E-state index in [9.17, 15) is 4.39 Å².